The van der Waals surface area contributed by atoms with Gasteiger partial charge in [0.15, 0.2) is 0 Å². The first-order valence-electron chi connectivity index (χ1n) is 8.97. The SMILES string of the molecule is CCCC(=O)N(C)C(C)c1nc2ccccc2c(=O)n1-c1ccc(Br)cc1. The Kier molecular flexibility index (Phi) is 5.75. The van der Waals surface area contributed by atoms with E-state index in [4.69, 9.17) is 4.98 Å². The van der Waals surface area contributed by atoms with Gasteiger partial charge in [0.1, 0.15) is 5.82 Å². The monoisotopic (exact) mass is 427 g/mol. The predicted octanol–water partition coefficient (Wildman–Crippen LogP) is 4.47. The van der Waals surface area contributed by atoms with E-state index in [0.29, 0.717) is 23.1 Å². The fraction of sp³-hybridized carbons (Fsp3) is 0.286. The molecule has 140 valence electrons. The number of para-hydroxylation sites is 1. The minimum Gasteiger partial charge on any atom is -0.336 e. The van der Waals surface area contributed by atoms with Gasteiger partial charge < -0.3 is 4.90 Å². The third-order valence-electron chi connectivity index (χ3n) is 4.70. The average Bonchev–Trinajstić information content (AvgIpc) is 2.68. The number of benzene rings is 2. The molecule has 0 radical (unpaired) electrons. The Morgan fingerprint density at radius 1 is 1.19 bits per heavy atom. The number of halogens is 1. The summed E-state index contributed by atoms with van der Waals surface area (Å²) in [6.45, 7) is 3.88. The molecule has 3 aromatic rings. The molecule has 1 amide bonds. The van der Waals surface area contributed by atoms with Crippen molar-refractivity contribution in [2.75, 3.05) is 7.05 Å². The number of hydrogen-bond acceptors (Lipinski definition) is 3. The number of carbonyl (C=O) groups excluding carboxylic acids is 1. The van der Waals surface area contributed by atoms with E-state index in [2.05, 4.69) is 15.9 Å². The Labute approximate surface area is 166 Å². The van der Waals surface area contributed by atoms with Gasteiger partial charge in [-0.05, 0) is 49.7 Å². The topological polar surface area (TPSA) is 55.2 Å². The van der Waals surface area contributed by atoms with Gasteiger partial charge in [0.25, 0.3) is 5.56 Å². The van der Waals surface area contributed by atoms with E-state index in [1.54, 1.807) is 22.6 Å². The Morgan fingerprint density at radius 2 is 1.85 bits per heavy atom. The number of fused-ring (bicyclic) bond motifs is 1. The lowest BCUT2D eigenvalue weighted by Crippen LogP contribution is -2.34. The quantitative estimate of drug-likeness (QED) is 0.603. The Balaban J connectivity index is 2.23. The molecule has 0 aliphatic rings. The predicted molar refractivity (Wildman–Crippen MR) is 111 cm³/mol. The Hall–Kier alpha value is -2.47. The molecule has 0 fully saturated rings. The highest BCUT2D eigenvalue weighted by Crippen LogP contribution is 2.23. The lowest BCUT2D eigenvalue weighted by Gasteiger charge is -2.27. The van der Waals surface area contributed by atoms with Crippen LogP contribution in [0.3, 0.4) is 0 Å². The lowest BCUT2D eigenvalue weighted by atomic mass is 10.1. The summed E-state index contributed by atoms with van der Waals surface area (Å²) in [5.74, 6) is 0.586. The molecule has 1 heterocycles. The molecule has 3 rings (SSSR count). The highest BCUT2D eigenvalue weighted by atomic mass is 79.9. The van der Waals surface area contributed by atoms with Crippen molar-refractivity contribution in [1.29, 1.82) is 0 Å². The molecule has 2 aromatic carbocycles. The number of carbonyl (C=O) groups is 1. The van der Waals surface area contributed by atoms with Crippen LogP contribution in [0.4, 0.5) is 0 Å². The van der Waals surface area contributed by atoms with Gasteiger partial charge in [-0.25, -0.2) is 4.98 Å². The van der Waals surface area contributed by atoms with Crippen molar-refractivity contribution >= 4 is 32.7 Å². The molecule has 1 unspecified atom stereocenters. The van der Waals surface area contributed by atoms with Crippen molar-refractivity contribution in [1.82, 2.24) is 14.5 Å². The van der Waals surface area contributed by atoms with Gasteiger partial charge in [0.2, 0.25) is 5.91 Å². The van der Waals surface area contributed by atoms with Crippen LogP contribution in [-0.4, -0.2) is 27.4 Å². The van der Waals surface area contributed by atoms with Gasteiger partial charge in [-0.3, -0.25) is 14.2 Å². The molecule has 27 heavy (non-hydrogen) atoms. The van der Waals surface area contributed by atoms with E-state index in [-0.39, 0.29) is 17.5 Å². The molecule has 0 saturated heterocycles. The molecule has 0 N–H and O–H groups in total. The van der Waals surface area contributed by atoms with Crippen molar-refractivity contribution in [2.45, 2.75) is 32.7 Å². The molecule has 1 aromatic heterocycles. The van der Waals surface area contributed by atoms with Crippen LogP contribution < -0.4 is 5.56 Å². The summed E-state index contributed by atoms with van der Waals surface area (Å²) in [7, 11) is 1.76. The molecule has 6 heteroatoms. The molecule has 0 saturated carbocycles. The van der Waals surface area contributed by atoms with Gasteiger partial charge in [-0.1, -0.05) is 35.0 Å². The zero-order chi connectivity index (χ0) is 19.6. The molecule has 0 bridgehead atoms. The molecule has 1 atom stereocenters. The maximum absolute atomic E-state index is 13.3. The first kappa shape index (κ1) is 19.3. The van der Waals surface area contributed by atoms with E-state index in [0.717, 1.165) is 16.6 Å². The second-order valence-electron chi connectivity index (χ2n) is 6.53. The standard InChI is InChI=1S/C21H22BrN3O2/c1-4-7-19(26)24(3)14(2)20-23-18-9-6-5-8-17(18)21(27)25(20)16-12-10-15(22)11-13-16/h5-6,8-14H,4,7H2,1-3H3. The third kappa shape index (κ3) is 3.81. The van der Waals surface area contributed by atoms with Crippen LogP contribution in [0, 0.1) is 0 Å². The van der Waals surface area contributed by atoms with Crippen LogP contribution in [0.5, 0.6) is 0 Å². The molecule has 0 aliphatic carbocycles. The summed E-state index contributed by atoms with van der Waals surface area (Å²) in [6, 6.07) is 14.5. The highest BCUT2D eigenvalue weighted by molar-refractivity contribution is 9.10. The highest BCUT2D eigenvalue weighted by Gasteiger charge is 2.23. The molecule has 5 nitrogen and oxygen atoms in total. The van der Waals surface area contributed by atoms with Gasteiger partial charge in [-0.2, -0.15) is 0 Å². The van der Waals surface area contributed by atoms with Crippen molar-refractivity contribution in [3.05, 3.63) is 69.2 Å². The first-order valence-corrected chi connectivity index (χ1v) is 9.76. The number of amides is 1. The maximum atomic E-state index is 13.3. The van der Waals surface area contributed by atoms with Gasteiger partial charge in [0, 0.05) is 17.9 Å². The second-order valence-corrected chi connectivity index (χ2v) is 7.45. The normalized spacial score (nSPS) is 12.1. The van der Waals surface area contributed by atoms with E-state index < -0.39 is 0 Å². The molecular weight excluding hydrogens is 406 g/mol. The van der Waals surface area contributed by atoms with Crippen molar-refractivity contribution < 1.29 is 4.79 Å². The number of nitrogens with zero attached hydrogens (tertiary/aromatic N) is 3. The van der Waals surface area contributed by atoms with E-state index >= 15 is 0 Å². The molecule has 0 spiro atoms. The zero-order valence-corrected chi connectivity index (χ0v) is 17.2. The average molecular weight is 428 g/mol. The number of rotatable bonds is 5. The summed E-state index contributed by atoms with van der Waals surface area (Å²) < 4.78 is 2.53. The van der Waals surface area contributed by atoms with E-state index in [1.807, 2.05) is 56.3 Å². The summed E-state index contributed by atoms with van der Waals surface area (Å²) in [4.78, 5) is 32.1. The summed E-state index contributed by atoms with van der Waals surface area (Å²) in [5.41, 5.74) is 1.22. The fourth-order valence-electron chi connectivity index (χ4n) is 3.05. The van der Waals surface area contributed by atoms with Crippen LogP contribution in [0.2, 0.25) is 0 Å². The largest absolute Gasteiger partial charge is 0.336 e. The number of hydrogen-bond donors (Lipinski definition) is 0. The Morgan fingerprint density at radius 3 is 2.52 bits per heavy atom. The molecule has 0 aliphatic heterocycles. The van der Waals surface area contributed by atoms with Crippen LogP contribution >= 0.6 is 15.9 Å². The van der Waals surface area contributed by atoms with Crippen LogP contribution in [0.15, 0.2) is 57.8 Å². The fourth-order valence-corrected chi connectivity index (χ4v) is 3.31. The number of aromatic nitrogens is 2. The van der Waals surface area contributed by atoms with E-state index in [1.165, 1.54) is 0 Å². The lowest BCUT2D eigenvalue weighted by molar-refractivity contribution is -0.132. The smallest absolute Gasteiger partial charge is 0.266 e. The van der Waals surface area contributed by atoms with Crippen LogP contribution in [0.25, 0.3) is 16.6 Å². The first-order chi connectivity index (χ1) is 12.9. The summed E-state index contributed by atoms with van der Waals surface area (Å²) in [6.07, 6.45) is 1.25. The Bertz CT molecular complexity index is 1030. The second kappa shape index (κ2) is 8.05. The van der Waals surface area contributed by atoms with Gasteiger partial charge in [0.05, 0.1) is 22.6 Å². The van der Waals surface area contributed by atoms with E-state index in [9.17, 15) is 9.59 Å². The summed E-state index contributed by atoms with van der Waals surface area (Å²) >= 11 is 3.43. The minimum absolute atomic E-state index is 0.0368. The summed E-state index contributed by atoms with van der Waals surface area (Å²) in [5, 5.41) is 0.555. The molecular formula is C21H22BrN3O2. The van der Waals surface area contributed by atoms with Gasteiger partial charge in [-0.15, -0.1) is 0 Å². The zero-order valence-electron chi connectivity index (χ0n) is 15.6. The maximum Gasteiger partial charge on any atom is 0.266 e. The third-order valence-corrected chi connectivity index (χ3v) is 5.23. The van der Waals surface area contributed by atoms with Crippen LogP contribution in [0.1, 0.15) is 38.6 Å². The van der Waals surface area contributed by atoms with Crippen molar-refractivity contribution in [3.8, 4) is 5.69 Å². The minimum atomic E-state index is -0.343. The van der Waals surface area contributed by atoms with Gasteiger partial charge >= 0.3 is 0 Å². The van der Waals surface area contributed by atoms with Crippen molar-refractivity contribution in [2.24, 2.45) is 0 Å². The van der Waals surface area contributed by atoms with Crippen molar-refractivity contribution in [3.63, 3.8) is 0 Å². The van der Waals surface area contributed by atoms with Crippen LogP contribution in [-0.2, 0) is 4.79 Å².